The van der Waals surface area contributed by atoms with Crippen LogP contribution in [0.15, 0.2) is 123 Å². The predicted molar refractivity (Wildman–Crippen MR) is 178 cm³/mol. The first-order valence-corrected chi connectivity index (χ1v) is 17.4. The highest BCUT2D eigenvalue weighted by atomic mass is 32.2. The molecule has 3 aromatic carbocycles. The van der Waals surface area contributed by atoms with Gasteiger partial charge in [-0.1, -0.05) is 48.0 Å². The molecule has 3 aromatic rings. The maximum Gasteiger partial charge on any atom is 0.295 e. The first-order valence-electron chi connectivity index (χ1n) is 14.5. The van der Waals surface area contributed by atoms with Crippen LogP contribution in [0.25, 0.3) is 5.57 Å². The smallest absolute Gasteiger partial charge is 0.295 e. The Morgan fingerprint density at radius 3 is 2.30 bits per heavy atom. The van der Waals surface area contributed by atoms with Crippen LogP contribution in [0.1, 0.15) is 34.2 Å². The van der Waals surface area contributed by atoms with E-state index in [0.717, 1.165) is 22.5 Å². The van der Waals surface area contributed by atoms with Crippen LogP contribution in [-0.4, -0.2) is 31.7 Å². The van der Waals surface area contributed by atoms with Crippen LogP contribution >= 0.6 is 0 Å². The van der Waals surface area contributed by atoms with E-state index in [1.807, 2.05) is 38.1 Å². The van der Waals surface area contributed by atoms with Gasteiger partial charge < -0.3 is 10.1 Å². The van der Waals surface area contributed by atoms with Gasteiger partial charge in [0.1, 0.15) is 16.4 Å². The fraction of sp³-hybridized carbons (Fsp3) is 0.171. The Balaban J connectivity index is 1.49. The Bertz CT molecular complexity index is 2220. The van der Waals surface area contributed by atoms with Crippen molar-refractivity contribution in [2.45, 2.75) is 43.9 Å². The number of nitrogens with one attached hydrogen (secondary N) is 1. The van der Waals surface area contributed by atoms with Crippen LogP contribution in [-0.2, 0) is 25.0 Å². The molecule has 1 atom stereocenters. The van der Waals surface area contributed by atoms with E-state index in [9.17, 15) is 25.9 Å². The molecule has 3 N–H and O–H groups in total. The number of rotatable bonds is 6. The molecular formula is C35H32N2O7S2. The molecule has 0 radical (unpaired) electrons. The van der Waals surface area contributed by atoms with Gasteiger partial charge >= 0.3 is 0 Å². The maximum atomic E-state index is 12.5. The van der Waals surface area contributed by atoms with Crippen LogP contribution in [0.2, 0.25) is 0 Å². The first kappa shape index (κ1) is 31.4. The molecule has 3 aliphatic rings. The topological polar surface area (TPSA) is 142 Å². The molecule has 0 spiro atoms. The van der Waals surface area contributed by atoms with E-state index < -0.39 is 20.2 Å². The third-order valence-electron chi connectivity index (χ3n) is 8.26. The van der Waals surface area contributed by atoms with E-state index in [1.54, 1.807) is 56.3 Å². The molecule has 46 heavy (non-hydrogen) atoms. The van der Waals surface area contributed by atoms with Crippen molar-refractivity contribution in [1.82, 2.24) is 0 Å². The van der Waals surface area contributed by atoms with E-state index in [-0.39, 0.29) is 15.7 Å². The van der Waals surface area contributed by atoms with Gasteiger partial charge in [0.05, 0.1) is 16.3 Å². The number of hydrogen-bond acceptors (Lipinski definition) is 7. The van der Waals surface area contributed by atoms with Gasteiger partial charge in [-0.25, -0.2) is 4.99 Å². The number of aliphatic imine (C=N–C) groups is 1. The SMILES string of the molecule is Cc1ccc(NC2=CCC3C(=C2)OC2=CC(=Nc4c(C)ccc(S(=O)(=O)O)c4C)C=CC2=C3c2ccccc2S(=O)(=O)O)c(C)c1. The zero-order valence-corrected chi connectivity index (χ0v) is 27.2. The molecule has 1 aliphatic heterocycles. The summed E-state index contributed by atoms with van der Waals surface area (Å²) in [6.07, 6.45) is 9.65. The number of allylic oxidation sites excluding steroid dienone is 6. The Morgan fingerprint density at radius 2 is 1.59 bits per heavy atom. The van der Waals surface area contributed by atoms with Gasteiger partial charge in [0, 0.05) is 40.6 Å². The van der Waals surface area contributed by atoms with Crippen LogP contribution in [0.4, 0.5) is 11.4 Å². The van der Waals surface area contributed by atoms with Crippen LogP contribution < -0.4 is 5.32 Å². The summed E-state index contributed by atoms with van der Waals surface area (Å²) < 4.78 is 75.3. The summed E-state index contributed by atoms with van der Waals surface area (Å²) >= 11 is 0. The third-order valence-corrected chi connectivity index (χ3v) is 10.2. The molecule has 236 valence electrons. The van der Waals surface area contributed by atoms with E-state index >= 15 is 0 Å². The van der Waals surface area contributed by atoms with Crippen molar-refractivity contribution >= 4 is 42.9 Å². The summed E-state index contributed by atoms with van der Waals surface area (Å²) in [5.41, 5.74) is 7.54. The largest absolute Gasteiger partial charge is 0.460 e. The second-order valence-corrected chi connectivity index (χ2v) is 14.3. The Kier molecular flexibility index (Phi) is 7.97. The van der Waals surface area contributed by atoms with E-state index in [0.29, 0.717) is 57.2 Å². The van der Waals surface area contributed by atoms with Crippen molar-refractivity contribution in [3.05, 3.63) is 136 Å². The lowest BCUT2D eigenvalue weighted by molar-refractivity contribution is 0.269. The molecule has 6 rings (SSSR count). The van der Waals surface area contributed by atoms with Gasteiger partial charge in [0.2, 0.25) is 0 Å². The molecule has 0 amide bonds. The van der Waals surface area contributed by atoms with Gasteiger partial charge in [-0.15, -0.1) is 0 Å². The highest BCUT2D eigenvalue weighted by Gasteiger charge is 2.36. The van der Waals surface area contributed by atoms with Crippen LogP contribution in [0.5, 0.6) is 0 Å². The first-order chi connectivity index (χ1) is 21.7. The zero-order valence-electron chi connectivity index (χ0n) is 25.6. The number of anilines is 1. The summed E-state index contributed by atoms with van der Waals surface area (Å²) in [7, 11) is -9.01. The van der Waals surface area contributed by atoms with Crippen molar-refractivity contribution in [2.24, 2.45) is 10.9 Å². The molecule has 0 aromatic heterocycles. The predicted octanol–water partition coefficient (Wildman–Crippen LogP) is 7.32. The zero-order chi connectivity index (χ0) is 33.0. The van der Waals surface area contributed by atoms with Crippen molar-refractivity contribution < 1.29 is 30.7 Å². The van der Waals surface area contributed by atoms with Crippen molar-refractivity contribution in [1.29, 1.82) is 0 Å². The second-order valence-electron chi connectivity index (χ2n) is 11.5. The fourth-order valence-electron chi connectivity index (χ4n) is 6.08. The number of hydrogen-bond donors (Lipinski definition) is 3. The molecule has 1 heterocycles. The average Bonchev–Trinajstić information content (AvgIpc) is 2.98. The van der Waals surface area contributed by atoms with Gasteiger partial charge in [-0.2, -0.15) is 16.8 Å². The Morgan fingerprint density at radius 1 is 0.848 bits per heavy atom. The third kappa shape index (κ3) is 6.02. The molecule has 0 saturated carbocycles. The lowest BCUT2D eigenvalue weighted by Crippen LogP contribution is -2.23. The summed E-state index contributed by atoms with van der Waals surface area (Å²) in [5.74, 6) is 0.650. The van der Waals surface area contributed by atoms with E-state index in [4.69, 9.17) is 9.73 Å². The number of benzene rings is 3. The van der Waals surface area contributed by atoms with E-state index in [2.05, 4.69) is 11.4 Å². The van der Waals surface area contributed by atoms with Crippen LogP contribution in [0, 0.1) is 33.6 Å². The molecule has 9 nitrogen and oxygen atoms in total. The minimum Gasteiger partial charge on any atom is -0.460 e. The quantitative estimate of drug-likeness (QED) is 0.234. The summed E-state index contributed by atoms with van der Waals surface area (Å²) in [6, 6.07) is 15.4. The van der Waals surface area contributed by atoms with E-state index in [1.165, 1.54) is 12.1 Å². The molecule has 11 heteroatoms. The molecule has 0 fully saturated rings. The highest BCUT2D eigenvalue weighted by molar-refractivity contribution is 7.86. The average molecular weight is 657 g/mol. The minimum absolute atomic E-state index is 0.206. The van der Waals surface area contributed by atoms with Gasteiger partial charge in [0.15, 0.2) is 0 Å². The number of aryl methyl sites for hydroxylation is 3. The number of fused-ring (bicyclic) bond motifs is 2. The molecular weight excluding hydrogens is 625 g/mol. The Labute approximate surface area is 268 Å². The molecule has 0 bridgehead atoms. The van der Waals surface area contributed by atoms with Crippen LogP contribution in [0.3, 0.4) is 0 Å². The van der Waals surface area contributed by atoms with Crippen molar-refractivity contribution in [3.8, 4) is 0 Å². The fourth-order valence-corrected chi connectivity index (χ4v) is 7.51. The summed E-state index contributed by atoms with van der Waals surface area (Å²) in [4.78, 5) is 4.29. The normalized spacial score (nSPS) is 18.7. The molecule has 0 saturated heterocycles. The maximum absolute atomic E-state index is 12.5. The van der Waals surface area contributed by atoms with Crippen molar-refractivity contribution in [3.63, 3.8) is 0 Å². The standard InChI is InChI=1S/C35H32N2O7S2/c1-20-9-15-29(22(3)17-20)36-24-11-13-26-30(18-24)44-31-19-25(37-35-21(2)10-16-32(23(35)4)45(38,39)40)12-14-27(31)34(26)28-7-5-6-8-33(28)46(41,42)43/h5-12,14-19,26,36H,13H2,1-4H3,(H,38,39,40)(H,41,42,43). The lowest BCUT2D eigenvalue weighted by atomic mass is 9.79. The van der Waals surface area contributed by atoms with Gasteiger partial charge in [0.25, 0.3) is 20.2 Å². The monoisotopic (exact) mass is 656 g/mol. The molecule has 2 aliphatic carbocycles. The minimum atomic E-state index is -4.55. The van der Waals surface area contributed by atoms with Gasteiger partial charge in [-0.3, -0.25) is 9.11 Å². The number of nitrogens with zero attached hydrogens (tertiary/aromatic N) is 1. The second kappa shape index (κ2) is 11.7. The van der Waals surface area contributed by atoms with Crippen molar-refractivity contribution in [2.75, 3.05) is 5.32 Å². The molecule has 1 unspecified atom stereocenters. The number of ether oxygens (including phenoxy) is 1. The highest BCUT2D eigenvalue weighted by Crippen LogP contribution is 2.48. The summed E-state index contributed by atoms with van der Waals surface area (Å²) in [6.45, 7) is 7.43. The summed E-state index contributed by atoms with van der Waals surface area (Å²) in [5, 5.41) is 3.47. The lowest BCUT2D eigenvalue weighted by Gasteiger charge is -2.35. The van der Waals surface area contributed by atoms with Gasteiger partial charge in [-0.05, 0) is 86.7 Å². The Hall–Kier alpha value is -4.55.